The van der Waals surface area contributed by atoms with Gasteiger partial charge in [-0.1, -0.05) is 18.1 Å². The van der Waals surface area contributed by atoms with Crippen molar-refractivity contribution in [3.8, 4) is 12.3 Å². The average molecular weight is 342 g/mol. The van der Waals surface area contributed by atoms with E-state index < -0.39 is 10.0 Å². The summed E-state index contributed by atoms with van der Waals surface area (Å²) in [5, 5.41) is 2.83. The topological polar surface area (TPSA) is 75.3 Å². The summed E-state index contributed by atoms with van der Waals surface area (Å²) in [5.74, 6) is 1.90. The van der Waals surface area contributed by atoms with Gasteiger partial charge in [0.25, 0.3) is 5.91 Å². The molecular weight excluding hydrogens is 324 g/mol. The van der Waals surface area contributed by atoms with Crippen LogP contribution in [0, 0.1) is 26.2 Å². The zero-order valence-corrected chi connectivity index (χ0v) is 14.3. The zero-order chi connectivity index (χ0) is 17.7. The SMILES string of the molecule is C#CCNS(=O)(=O)c1ccc(C(=O)Nc2cc(C)ccc2C)cc1. The van der Waals surface area contributed by atoms with Crippen molar-refractivity contribution in [3.05, 3.63) is 59.2 Å². The summed E-state index contributed by atoms with van der Waals surface area (Å²) < 4.78 is 26.1. The predicted molar refractivity (Wildman–Crippen MR) is 94.3 cm³/mol. The highest BCUT2D eigenvalue weighted by Crippen LogP contribution is 2.18. The Morgan fingerprint density at radius 3 is 2.42 bits per heavy atom. The first-order valence-electron chi connectivity index (χ1n) is 7.25. The van der Waals surface area contributed by atoms with Crippen LogP contribution < -0.4 is 10.0 Å². The third-order valence-corrected chi connectivity index (χ3v) is 4.85. The number of terminal acetylenes is 1. The van der Waals surface area contributed by atoms with Gasteiger partial charge in [-0.2, -0.15) is 4.72 Å². The van der Waals surface area contributed by atoms with Gasteiger partial charge in [-0.3, -0.25) is 4.79 Å². The number of hydrogen-bond donors (Lipinski definition) is 2. The molecule has 0 aromatic heterocycles. The van der Waals surface area contributed by atoms with E-state index in [1.165, 1.54) is 24.3 Å². The van der Waals surface area contributed by atoms with Gasteiger partial charge in [-0.25, -0.2) is 8.42 Å². The smallest absolute Gasteiger partial charge is 0.255 e. The molecule has 124 valence electrons. The van der Waals surface area contributed by atoms with Gasteiger partial charge in [0.05, 0.1) is 11.4 Å². The molecule has 0 bridgehead atoms. The third kappa shape index (κ3) is 4.22. The first-order chi connectivity index (χ1) is 11.3. The molecule has 5 nitrogen and oxygen atoms in total. The van der Waals surface area contributed by atoms with E-state index in [1.54, 1.807) is 0 Å². The van der Waals surface area contributed by atoms with Gasteiger partial charge < -0.3 is 5.32 Å². The van der Waals surface area contributed by atoms with Gasteiger partial charge in [-0.15, -0.1) is 6.42 Å². The zero-order valence-electron chi connectivity index (χ0n) is 13.5. The van der Waals surface area contributed by atoms with E-state index >= 15 is 0 Å². The van der Waals surface area contributed by atoms with Crippen molar-refractivity contribution in [2.75, 3.05) is 11.9 Å². The molecule has 2 aromatic carbocycles. The number of anilines is 1. The number of amides is 1. The first kappa shape index (κ1) is 17.7. The maximum Gasteiger partial charge on any atom is 0.255 e. The molecule has 2 N–H and O–H groups in total. The van der Waals surface area contributed by atoms with E-state index in [0.29, 0.717) is 5.56 Å². The van der Waals surface area contributed by atoms with Crippen LogP contribution >= 0.6 is 0 Å². The van der Waals surface area contributed by atoms with Crippen molar-refractivity contribution in [1.29, 1.82) is 0 Å². The Hall–Kier alpha value is -2.62. The lowest BCUT2D eigenvalue weighted by atomic mass is 10.1. The number of hydrogen-bond acceptors (Lipinski definition) is 3. The van der Waals surface area contributed by atoms with E-state index in [9.17, 15) is 13.2 Å². The van der Waals surface area contributed by atoms with Crippen LogP contribution in [0.4, 0.5) is 5.69 Å². The minimum Gasteiger partial charge on any atom is -0.322 e. The molecule has 0 saturated heterocycles. The van der Waals surface area contributed by atoms with E-state index in [4.69, 9.17) is 6.42 Å². The van der Waals surface area contributed by atoms with Crippen LogP contribution in [0.15, 0.2) is 47.4 Å². The standard InChI is InChI=1S/C18H18N2O3S/c1-4-11-19-24(22,23)16-9-7-15(8-10-16)18(21)20-17-12-13(2)5-6-14(17)3/h1,5-10,12,19H,11H2,2-3H3,(H,20,21). The van der Waals surface area contributed by atoms with Crippen molar-refractivity contribution in [2.24, 2.45) is 0 Å². The molecule has 1 amide bonds. The van der Waals surface area contributed by atoms with Gasteiger partial charge >= 0.3 is 0 Å². The van der Waals surface area contributed by atoms with Crippen LogP contribution in [0.1, 0.15) is 21.5 Å². The van der Waals surface area contributed by atoms with Crippen LogP contribution in [0.2, 0.25) is 0 Å². The van der Waals surface area contributed by atoms with Gasteiger partial charge in [0.15, 0.2) is 0 Å². The van der Waals surface area contributed by atoms with Crippen LogP contribution in [0.3, 0.4) is 0 Å². The summed E-state index contributed by atoms with van der Waals surface area (Å²) in [6, 6.07) is 11.4. The molecule has 0 spiro atoms. The van der Waals surface area contributed by atoms with Crippen LogP contribution in [-0.2, 0) is 10.0 Å². The summed E-state index contributed by atoms with van der Waals surface area (Å²) in [5.41, 5.74) is 3.09. The lowest BCUT2D eigenvalue weighted by molar-refractivity contribution is 0.102. The molecule has 0 fully saturated rings. The van der Waals surface area contributed by atoms with Gasteiger partial charge in [-0.05, 0) is 55.3 Å². The highest BCUT2D eigenvalue weighted by Gasteiger charge is 2.14. The summed E-state index contributed by atoms with van der Waals surface area (Å²) in [7, 11) is -3.66. The Labute approximate surface area is 142 Å². The maximum absolute atomic E-state index is 12.3. The molecule has 0 heterocycles. The Kier molecular flexibility index (Phi) is 5.39. The fourth-order valence-corrected chi connectivity index (χ4v) is 3.00. The molecule has 0 unspecified atom stereocenters. The third-order valence-electron chi connectivity index (χ3n) is 3.43. The van der Waals surface area contributed by atoms with Gasteiger partial charge in [0, 0.05) is 11.3 Å². The summed E-state index contributed by atoms with van der Waals surface area (Å²) in [4.78, 5) is 12.4. The Balaban J connectivity index is 2.17. The molecule has 0 aliphatic carbocycles. The Morgan fingerprint density at radius 2 is 1.79 bits per heavy atom. The highest BCUT2D eigenvalue weighted by molar-refractivity contribution is 7.89. The quantitative estimate of drug-likeness (QED) is 0.820. The van der Waals surface area contributed by atoms with Crippen molar-refractivity contribution >= 4 is 21.6 Å². The normalized spacial score (nSPS) is 10.9. The summed E-state index contributed by atoms with van der Waals surface area (Å²) in [6.45, 7) is 3.76. The molecule has 0 atom stereocenters. The molecule has 6 heteroatoms. The van der Waals surface area contributed by atoms with Crippen molar-refractivity contribution in [1.82, 2.24) is 4.72 Å². The van der Waals surface area contributed by atoms with E-state index in [2.05, 4.69) is 16.0 Å². The second-order valence-electron chi connectivity index (χ2n) is 5.33. The number of sulfonamides is 1. The fourth-order valence-electron chi connectivity index (χ4n) is 2.07. The second-order valence-corrected chi connectivity index (χ2v) is 7.09. The summed E-state index contributed by atoms with van der Waals surface area (Å²) >= 11 is 0. The van der Waals surface area contributed by atoms with Crippen LogP contribution in [0.5, 0.6) is 0 Å². The van der Waals surface area contributed by atoms with E-state index in [-0.39, 0.29) is 17.3 Å². The van der Waals surface area contributed by atoms with Crippen molar-refractivity contribution in [2.45, 2.75) is 18.7 Å². The lowest BCUT2D eigenvalue weighted by Crippen LogP contribution is -2.24. The monoisotopic (exact) mass is 342 g/mol. The average Bonchev–Trinajstić information content (AvgIpc) is 2.56. The van der Waals surface area contributed by atoms with Crippen molar-refractivity contribution < 1.29 is 13.2 Å². The largest absolute Gasteiger partial charge is 0.322 e. The van der Waals surface area contributed by atoms with Crippen LogP contribution in [0.25, 0.3) is 0 Å². The minimum atomic E-state index is -3.66. The number of rotatable bonds is 5. The van der Waals surface area contributed by atoms with Crippen molar-refractivity contribution in [3.63, 3.8) is 0 Å². The number of benzene rings is 2. The Bertz CT molecular complexity index is 895. The molecular formula is C18H18N2O3S. The molecule has 0 aliphatic heterocycles. The van der Waals surface area contributed by atoms with Gasteiger partial charge in [0.2, 0.25) is 10.0 Å². The number of aryl methyl sites for hydroxylation is 2. The number of nitrogens with one attached hydrogen (secondary N) is 2. The number of carbonyl (C=O) groups is 1. The molecule has 2 aromatic rings. The van der Waals surface area contributed by atoms with E-state index in [0.717, 1.165) is 16.8 Å². The maximum atomic E-state index is 12.3. The lowest BCUT2D eigenvalue weighted by Gasteiger charge is -2.10. The fraction of sp³-hybridized carbons (Fsp3) is 0.167. The molecule has 0 saturated carbocycles. The van der Waals surface area contributed by atoms with Crippen LogP contribution in [-0.4, -0.2) is 20.9 Å². The predicted octanol–water partition coefficient (Wildman–Crippen LogP) is 2.47. The summed E-state index contributed by atoms with van der Waals surface area (Å²) in [6.07, 6.45) is 5.04. The minimum absolute atomic E-state index is 0.0565. The Morgan fingerprint density at radius 1 is 1.12 bits per heavy atom. The molecule has 2 rings (SSSR count). The molecule has 0 aliphatic rings. The molecule has 24 heavy (non-hydrogen) atoms. The number of carbonyl (C=O) groups excluding carboxylic acids is 1. The van der Waals surface area contributed by atoms with Gasteiger partial charge in [0.1, 0.15) is 0 Å². The second kappa shape index (κ2) is 7.30. The highest BCUT2D eigenvalue weighted by atomic mass is 32.2. The molecule has 0 radical (unpaired) electrons. The van der Waals surface area contributed by atoms with E-state index in [1.807, 2.05) is 32.0 Å². The first-order valence-corrected chi connectivity index (χ1v) is 8.73.